The van der Waals surface area contributed by atoms with Crippen molar-refractivity contribution in [1.29, 1.82) is 0 Å². The van der Waals surface area contributed by atoms with Crippen molar-refractivity contribution in [3.63, 3.8) is 0 Å². The number of ether oxygens (including phenoxy) is 1. The molecule has 2 heterocycles. The summed E-state index contributed by atoms with van der Waals surface area (Å²) in [6, 6.07) is 15.1. The number of thiophene rings is 1. The topological polar surface area (TPSA) is 73.2 Å². The van der Waals surface area contributed by atoms with Crippen molar-refractivity contribution in [2.24, 2.45) is 0 Å². The lowest BCUT2D eigenvalue weighted by Gasteiger charge is -2.10. The zero-order chi connectivity index (χ0) is 22.7. The Morgan fingerprint density at radius 1 is 1.19 bits per heavy atom. The van der Waals surface area contributed by atoms with E-state index in [1.165, 1.54) is 17.7 Å². The first-order chi connectivity index (χ1) is 15.4. The maximum atomic E-state index is 13.1. The highest BCUT2D eigenvalue weighted by Crippen LogP contribution is 2.35. The van der Waals surface area contributed by atoms with E-state index in [1.54, 1.807) is 6.07 Å². The molecular formula is C24H22ClN3O3S. The number of nitrogens with one attached hydrogen (secondary N) is 1. The summed E-state index contributed by atoms with van der Waals surface area (Å²) in [5.41, 5.74) is 5.10. The summed E-state index contributed by atoms with van der Waals surface area (Å²) >= 11 is 7.42. The fourth-order valence-electron chi connectivity index (χ4n) is 3.51. The van der Waals surface area contributed by atoms with Crippen molar-refractivity contribution in [3.8, 4) is 16.9 Å². The maximum absolute atomic E-state index is 13.1. The van der Waals surface area contributed by atoms with E-state index in [4.69, 9.17) is 16.3 Å². The third-order valence-corrected chi connectivity index (χ3v) is 6.29. The number of hydrogen-bond donors (Lipinski definition) is 1. The van der Waals surface area contributed by atoms with Crippen LogP contribution < -0.4 is 15.7 Å². The number of amides is 1. The summed E-state index contributed by atoms with van der Waals surface area (Å²) in [5.74, 6) is 0.458. The van der Waals surface area contributed by atoms with Crippen LogP contribution in [-0.2, 0) is 4.79 Å². The predicted molar refractivity (Wildman–Crippen MR) is 129 cm³/mol. The first-order valence-corrected chi connectivity index (χ1v) is 11.4. The number of benzene rings is 2. The first kappa shape index (κ1) is 22.0. The van der Waals surface area contributed by atoms with E-state index in [-0.39, 0.29) is 17.9 Å². The number of carbonyl (C=O) groups is 1. The minimum Gasteiger partial charge on any atom is -0.493 e. The molecule has 0 aliphatic heterocycles. The molecular weight excluding hydrogens is 446 g/mol. The highest BCUT2D eigenvalue weighted by molar-refractivity contribution is 7.19. The van der Waals surface area contributed by atoms with Crippen molar-refractivity contribution in [2.75, 3.05) is 12.0 Å². The lowest BCUT2D eigenvalue weighted by Crippen LogP contribution is -2.33. The van der Waals surface area contributed by atoms with Gasteiger partial charge in [0.1, 0.15) is 16.9 Å². The standard InChI is InChI=1S/C24H22ClN3O3S/c1-15-13-18(25)10-11-19(15)31-12-6-9-20(29)27-28-14-26-23-22(24(28)30)21(16(2)32-23)17-7-4-3-5-8-17/h3-5,7-8,10-11,13-14H,6,9,12H2,1-2H3,(H,27,29). The average molecular weight is 468 g/mol. The van der Waals surface area contributed by atoms with E-state index < -0.39 is 0 Å². The number of nitrogens with zero attached hydrogens (tertiary/aromatic N) is 2. The maximum Gasteiger partial charge on any atom is 0.281 e. The molecule has 0 unspecified atom stereocenters. The van der Waals surface area contributed by atoms with Gasteiger partial charge >= 0.3 is 0 Å². The van der Waals surface area contributed by atoms with Crippen molar-refractivity contribution in [2.45, 2.75) is 26.7 Å². The summed E-state index contributed by atoms with van der Waals surface area (Å²) in [6.07, 6.45) is 2.08. The molecule has 2 aromatic heterocycles. The Labute approximate surface area is 194 Å². The molecule has 0 spiro atoms. The SMILES string of the molecule is Cc1cc(Cl)ccc1OCCCC(=O)Nn1cnc2sc(C)c(-c3ccccc3)c2c1=O. The molecule has 0 fully saturated rings. The summed E-state index contributed by atoms with van der Waals surface area (Å²) in [6.45, 7) is 4.27. The molecule has 0 atom stereocenters. The number of fused-ring (bicyclic) bond motifs is 1. The summed E-state index contributed by atoms with van der Waals surface area (Å²) in [4.78, 5) is 31.6. The third-order valence-electron chi connectivity index (χ3n) is 5.04. The van der Waals surface area contributed by atoms with Gasteiger partial charge in [0.2, 0.25) is 5.91 Å². The Kier molecular flexibility index (Phi) is 6.58. The van der Waals surface area contributed by atoms with E-state index in [1.807, 2.05) is 56.3 Å². The normalized spacial score (nSPS) is 11.0. The number of aryl methyl sites for hydroxylation is 2. The van der Waals surface area contributed by atoms with Gasteiger partial charge in [-0.1, -0.05) is 41.9 Å². The van der Waals surface area contributed by atoms with Gasteiger partial charge in [0, 0.05) is 21.9 Å². The number of hydrogen-bond acceptors (Lipinski definition) is 5. The highest BCUT2D eigenvalue weighted by Gasteiger charge is 2.17. The van der Waals surface area contributed by atoms with Crippen molar-refractivity contribution in [1.82, 2.24) is 9.66 Å². The number of carbonyl (C=O) groups excluding carboxylic acids is 1. The van der Waals surface area contributed by atoms with Crippen molar-refractivity contribution < 1.29 is 9.53 Å². The van der Waals surface area contributed by atoms with Crippen LogP contribution in [0.1, 0.15) is 23.3 Å². The fraction of sp³-hybridized carbons (Fsp3) is 0.208. The molecule has 2 aromatic carbocycles. The van der Waals surface area contributed by atoms with Crippen LogP contribution in [0.15, 0.2) is 59.7 Å². The second kappa shape index (κ2) is 9.54. The smallest absolute Gasteiger partial charge is 0.281 e. The van der Waals surface area contributed by atoms with E-state index >= 15 is 0 Å². The van der Waals surface area contributed by atoms with Crippen LogP contribution in [0.4, 0.5) is 0 Å². The minimum atomic E-state index is -0.292. The van der Waals surface area contributed by atoms with Gasteiger partial charge in [-0.3, -0.25) is 15.0 Å². The van der Waals surface area contributed by atoms with E-state index in [0.717, 1.165) is 32.0 Å². The fourth-order valence-corrected chi connectivity index (χ4v) is 4.74. The molecule has 1 amide bonds. The molecule has 0 radical (unpaired) electrons. The zero-order valence-electron chi connectivity index (χ0n) is 17.7. The van der Waals surface area contributed by atoms with E-state index in [2.05, 4.69) is 10.4 Å². The Morgan fingerprint density at radius 3 is 2.72 bits per heavy atom. The van der Waals surface area contributed by atoms with Crippen LogP contribution in [0.3, 0.4) is 0 Å². The number of halogens is 1. The van der Waals surface area contributed by atoms with Gasteiger partial charge in [0.25, 0.3) is 5.56 Å². The second-order valence-electron chi connectivity index (χ2n) is 7.40. The van der Waals surface area contributed by atoms with Gasteiger partial charge in [-0.25, -0.2) is 9.66 Å². The van der Waals surface area contributed by atoms with E-state index in [9.17, 15) is 9.59 Å². The average Bonchev–Trinajstić information content (AvgIpc) is 3.12. The summed E-state index contributed by atoms with van der Waals surface area (Å²) < 4.78 is 6.88. The number of aromatic nitrogens is 2. The Morgan fingerprint density at radius 2 is 1.97 bits per heavy atom. The molecule has 1 N–H and O–H groups in total. The van der Waals surface area contributed by atoms with Gasteiger partial charge in [0.05, 0.1) is 12.0 Å². The van der Waals surface area contributed by atoms with E-state index in [0.29, 0.717) is 28.3 Å². The molecule has 0 saturated heterocycles. The van der Waals surface area contributed by atoms with Crippen LogP contribution in [-0.4, -0.2) is 22.2 Å². The zero-order valence-corrected chi connectivity index (χ0v) is 19.3. The molecule has 4 aromatic rings. The Hall–Kier alpha value is -3.16. The highest BCUT2D eigenvalue weighted by atomic mass is 35.5. The molecule has 32 heavy (non-hydrogen) atoms. The molecule has 0 bridgehead atoms. The molecule has 0 aliphatic rings. The quantitative estimate of drug-likeness (QED) is 0.373. The summed E-state index contributed by atoms with van der Waals surface area (Å²) in [7, 11) is 0. The molecule has 0 saturated carbocycles. The van der Waals surface area contributed by atoms with Crippen LogP contribution in [0.5, 0.6) is 5.75 Å². The lowest BCUT2D eigenvalue weighted by molar-refractivity contribution is -0.117. The van der Waals surface area contributed by atoms with Gasteiger partial charge in [0.15, 0.2) is 0 Å². The Balaban J connectivity index is 1.44. The van der Waals surface area contributed by atoms with Crippen molar-refractivity contribution >= 4 is 39.1 Å². The molecule has 6 nitrogen and oxygen atoms in total. The lowest BCUT2D eigenvalue weighted by atomic mass is 10.0. The molecule has 8 heteroatoms. The molecule has 164 valence electrons. The third kappa shape index (κ3) is 4.69. The van der Waals surface area contributed by atoms with Gasteiger partial charge in [-0.05, 0) is 49.6 Å². The van der Waals surface area contributed by atoms with Crippen LogP contribution in [0, 0.1) is 13.8 Å². The first-order valence-electron chi connectivity index (χ1n) is 10.2. The Bertz CT molecular complexity index is 1330. The van der Waals surface area contributed by atoms with Crippen LogP contribution >= 0.6 is 22.9 Å². The largest absolute Gasteiger partial charge is 0.493 e. The van der Waals surface area contributed by atoms with Crippen LogP contribution in [0.2, 0.25) is 5.02 Å². The van der Waals surface area contributed by atoms with Gasteiger partial charge < -0.3 is 4.74 Å². The van der Waals surface area contributed by atoms with Crippen molar-refractivity contribution in [3.05, 3.63) is 80.7 Å². The number of rotatable bonds is 7. The minimum absolute atomic E-state index is 0.214. The summed E-state index contributed by atoms with van der Waals surface area (Å²) in [5, 5.41) is 1.17. The monoisotopic (exact) mass is 467 g/mol. The van der Waals surface area contributed by atoms with Crippen LogP contribution in [0.25, 0.3) is 21.3 Å². The second-order valence-corrected chi connectivity index (χ2v) is 9.04. The molecule has 0 aliphatic carbocycles. The predicted octanol–water partition coefficient (Wildman–Crippen LogP) is 5.32. The van der Waals surface area contributed by atoms with Gasteiger partial charge in [-0.2, -0.15) is 0 Å². The van der Waals surface area contributed by atoms with Gasteiger partial charge in [-0.15, -0.1) is 11.3 Å². The molecule has 4 rings (SSSR count).